The second kappa shape index (κ2) is 3.97. The van der Waals surface area contributed by atoms with Gasteiger partial charge in [0.25, 0.3) is 0 Å². The van der Waals surface area contributed by atoms with Crippen LogP contribution in [-0.4, -0.2) is 11.0 Å². The molecule has 2 atom stereocenters. The van der Waals surface area contributed by atoms with Gasteiger partial charge in [-0.2, -0.15) is 0 Å². The van der Waals surface area contributed by atoms with Crippen LogP contribution >= 0.6 is 11.6 Å². The largest absolute Gasteiger partial charge is 0.322 e. The molecule has 0 fully saturated rings. The van der Waals surface area contributed by atoms with Crippen LogP contribution in [0.3, 0.4) is 0 Å². The SMILES string of the molecule is NC1C=CC(F)=CC1(N)c1ccc(Cl)nc1. The van der Waals surface area contributed by atoms with E-state index in [0.29, 0.717) is 10.7 Å². The van der Waals surface area contributed by atoms with Crippen molar-refractivity contribution in [1.29, 1.82) is 0 Å². The molecule has 16 heavy (non-hydrogen) atoms. The van der Waals surface area contributed by atoms with Crippen molar-refractivity contribution in [2.45, 2.75) is 11.6 Å². The molecule has 5 heteroatoms. The quantitative estimate of drug-likeness (QED) is 0.733. The van der Waals surface area contributed by atoms with Gasteiger partial charge < -0.3 is 11.5 Å². The number of hydrogen-bond donors (Lipinski definition) is 2. The maximum Gasteiger partial charge on any atom is 0.129 e. The zero-order valence-electron chi connectivity index (χ0n) is 8.40. The number of halogens is 2. The first-order valence-corrected chi connectivity index (χ1v) is 5.13. The molecule has 1 heterocycles. The highest BCUT2D eigenvalue weighted by Crippen LogP contribution is 2.29. The average molecular weight is 240 g/mol. The van der Waals surface area contributed by atoms with E-state index < -0.39 is 17.4 Å². The molecule has 2 rings (SSSR count). The fraction of sp³-hybridized carbons (Fsp3) is 0.182. The molecule has 1 aromatic rings. The molecule has 1 aliphatic rings. The van der Waals surface area contributed by atoms with Gasteiger partial charge in [-0.3, -0.25) is 0 Å². The van der Waals surface area contributed by atoms with E-state index in [1.54, 1.807) is 12.1 Å². The molecule has 84 valence electrons. The molecule has 1 aromatic heterocycles. The molecule has 0 saturated carbocycles. The van der Waals surface area contributed by atoms with Crippen molar-refractivity contribution in [2.75, 3.05) is 0 Å². The highest BCUT2D eigenvalue weighted by molar-refractivity contribution is 6.29. The summed E-state index contributed by atoms with van der Waals surface area (Å²) < 4.78 is 13.2. The topological polar surface area (TPSA) is 64.9 Å². The van der Waals surface area contributed by atoms with Crippen LogP contribution in [0.4, 0.5) is 4.39 Å². The Bertz CT molecular complexity index is 455. The summed E-state index contributed by atoms with van der Waals surface area (Å²) in [6.07, 6.45) is 5.64. The van der Waals surface area contributed by atoms with Gasteiger partial charge >= 0.3 is 0 Å². The van der Waals surface area contributed by atoms with E-state index in [1.165, 1.54) is 24.4 Å². The van der Waals surface area contributed by atoms with Gasteiger partial charge in [-0.15, -0.1) is 0 Å². The van der Waals surface area contributed by atoms with Gasteiger partial charge in [-0.25, -0.2) is 9.37 Å². The van der Waals surface area contributed by atoms with Crippen LogP contribution in [-0.2, 0) is 5.54 Å². The molecule has 0 bridgehead atoms. The summed E-state index contributed by atoms with van der Waals surface area (Å²) in [7, 11) is 0. The van der Waals surface area contributed by atoms with Crippen molar-refractivity contribution < 1.29 is 4.39 Å². The summed E-state index contributed by atoms with van der Waals surface area (Å²) in [6.45, 7) is 0. The number of pyridine rings is 1. The van der Waals surface area contributed by atoms with Crippen LogP contribution in [0, 0.1) is 0 Å². The Morgan fingerprint density at radius 2 is 2.19 bits per heavy atom. The third-order valence-electron chi connectivity index (χ3n) is 2.62. The predicted molar refractivity (Wildman–Crippen MR) is 61.4 cm³/mol. The molecule has 0 radical (unpaired) electrons. The number of aromatic nitrogens is 1. The second-order valence-corrected chi connectivity index (χ2v) is 4.10. The van der Waals surface area contributed by atoms with Crippen LogP contribution < -0.4 is 11.5 Å². The minimum absolute atomic E-state index is 0.358. The summed E-state index contributed by atoms with van der Waals surface area (Å²) in [5.41, 5.74) is 11.5. The smallest absolute Gasteiger partial charge is 0.129 e. The lowest BCUT2D eigenvalue weighted by molar-refractivity contribution is 0.469. The molecule has 0 aliphatic heterocycles. The molecule has 1 aliphatic carbocycles. The minimum atomic E-state index is -1.07. The Labute approximate surface area is 97.6 Å². The van der Waals surface area contributed by atoms with Crippen LogP contribution in [0.15, 0.2) is 42.4 Å². The van der Waals surface area contributed by atoms with E-state index in [0.717, 1.165) is 0 Å². The van der Waals surface area contributed by atoms with Gasteiger partial charge in [0.05, 0.1) is 5.54 Å². The first-order chi connectivity index (χ1) is 7.52. The first-order valence-electron chi connectivity index (χ1n) is 4.75. The van der Waals surface area contributed by atoms with Gasteiger partial charge in [0, 0.05) is 12.2 Å². The molecular weight excluding hydrogens is 229 g/mol. The highest BCUT2D eigenvalue weighted by atomic mass is 35.5. The Morgan fingerprint density at radius 3 is 2.81 bits per heavy atom. The number of nitrogens with zero attached hydrogens (tertiary/aromatic N) is 1. The zero-order chi connectivity index (χ0) is 11.8. The molecule has 0 saturated heterocycles. The van der Waals surface area contributed by atoms with Crippen molar-refractivity contribution in [3.63, 3.8) is 0 Å². The summed E-state index contributed by atoms with van der Waals surface area (Å²) in [5, 5.41) is 0.358. The second-order valence-electron chi connectivity index (χ2n) is 3.72. The lowest BCUT2D eigenvalue weighted by Crippen LogP contribution is -2.51. The third-order valence-corrected chi connectivity index (χ3v) is 2.84. The molecule has 0 spiro atoms. The third kappa shape index (κ3) is 1.87. The van der Waals surface area contributed by atoms with Crippen LogP contribution in [0.25, 0.3) is 0 Å². The lowest BCUT2D eigenvalue weighted by atomic mass is 9.82. The summed E-state index contributed by atoms with van der Waals surface area (Å²) in [4.78, 5) is 3.91. The van der Waals surface area contributed by atoms with E-state index >= 15 is 0 Å². The first kappa shape index (κ1) is 11.3. The molecule has 4 N–H and O–H groups in total. The fourth-order valence-electron chi connectivity index (χ4n) is 1.64. The van der Waals surface area contributed by atoms with E-state index in [2.05, 4.69) is 4.98 Å². The molecule has 0 aromatic carbocycles. The molecule has 2 unspecified atom stereocenters. The van der Waals surface area contributed by atoms with Gasteiger partial charge in [0.2, 0.25) is 0 Å². The maximum atomic E-state index is 13.2. The normalized spacial score (nSPS) is 29.0. The van der Waals surface area contributed by atoms with Crippen LogP contribution in [0.5, 0.6) is 0 Å². The molecule has 3 nitrogen and oxygen atoms in total. The lowest BCUT2D eigenvalue weighted by Gasteiger charge is -2.32. The maximum absolute atomic E-state index is 13.2. The molecule has 0 amide bonds. The van der Waals surface area contributed by atoms with Crippen molar-refractivity contribution in [1.82, 2.24) is 4.98 Å². The van der Waals surface area contributed by atoms with Gasteiger partial charge in [-0.1, -0.05) is 23.7 Å². The predicted octanol–water partition coefficient (Wildman–Crippen LogP) is 1.64. The van der Waals surface area contributed by atoms with Crippen molar-refractivity contribution in [3.8, 4) is 0 Å². The number of hydrogen-bond acceptors (Lipinski definition) is 3. The van der Waals surface area contributed by atoms with E-state index in [-0.39, 0.29) is 0 Å². The van der Waals surface area contributed by atoms with Crippen molar-refractivity contribution in [2.24, 2.45) is 11.5 Å². The average Bonchev–Trinajstić information content (AvgIpc) is 2.25. The van der Waals surface area contributed by atoms with E-state index in [4.69, 9.17) is 23.1 Å². The van der Waals surface area contributed by atoms with Crippen molar-refractivity contribution in [3.05, 3.63) is 53.1 Å². The van der Waals surface area contributed by atoms with Gasteiger partial charge in [0.1, 0.15) is 11.0 Å². The Hall–Kier alpha value is -1.23. The Balaban J connectivity index is 2.45. The number of allylic oxidation sites excluding steroid dienone is 2. The summed E-state index contributed by atoms with van der Waals surface area (Å²) in [5.74, 6) is -0.404. The Morgan fingerprint density at radius 1 is 1.44 bits per heavy atom. The van der Waals surface area contributed by atoms with E-state index in [1.807, 2.05) is 0 Å². The number of rotatable bonds is 1. The highest BCUT2D eigenvalue weighted by Gasteiger charge is 2.33. The van der Waals surface area contributed by atoms with Crippen molar-refractivity contribution >= 4 is 11.6 Å². The number of nitrogens with two attached hydrogens (primary N) is 2. The fourth-order valence-corrected chi connectivity index (χ4v) is 1.75. The van der Waals surface area contributed by atoms with Crippen LogP contribution in [0.1, 0.15) is 5.56 Å². The Kier molecular flexibility index (Phi) is 2.80. The molecular formula is C11H11ClFN3. The van der Waals surface area contributed by atoms with E-state index in [9.17, 15) is 4.39 Å². The monoisotopic (exact) mass is 239 g/mol. The standard InChI is InChI=1S/C11H11ClFN3/c12-10-4-1-7(6-16-10)11(15)5-8(13)2-3-9(11)14/h1-6,9H,14-15H2. The summed E-state index contributed by atoms with van der Waals surface area (Å²) >= 11 is 5.67. The van der Waals surface area contributed by atoms with Gasteiger partial charge in [0.15, 0.2) is 0 Å². The van der Waals surface area contributed by atoms with Gasteiger partial charge in [-0.05, 0) is 23.8 Å². The van der Waals surface area contributed by atoms with Crippen LogP contribution in [0.2, 0.25) is 5.15 Å². The summed E-state index contributed by atoms with van der Waals surface area (Å²) in [6, 6.07) is 2.80. The minimum Gasteiger partial charge on any atom is -0.322 e. The zero-order valence-corrected chi connectivity index (χ0v) is 9.16.